The van der Waals surface area contributed by atoms with Crippen molar-refractivity contribution in [2.45, 2.75) is 97.4 Å². The van der Waals surface area contributed by atoms with Crippen molar-refractivity contribution in [2.75, 3.05) is 0 Å². The van der Waals surface area contributed by atoms with Gasteiger partial charge in [-0.3, -0.25) is 0 Å². The molecule has 1 saturated heterocycles. The maximum atomic E-state index is 9.85. The molecule has 2 aliphatic rings. The van der Waals surface area contributed by atoms with Crippen LogP contribution in [0, 0.1) is 17.8 Å². The Morgan fingerprint density at radius 2 is 1.96 bits per heavy atom. The fraction of sp³-hybridized carbons (Fsp3) is 0.900. The zero-order valence-corrected chi connectivity index (χ0v) is 16.2. The minimum atomic E-state index is -0.379. The van der Waals surface area contributed by atoms with Gasteiger partial charge < -0.3 is 19.3 Å². The number of aliphatic hydroxyl groups excluding tert-OH is 1. The Hall–Kier alpha value is -0.580. The first kappa shape index (κ1) is 19.7. The van der Waals surface area contributed by atoms with Gasteiger partial charge in [0, 0.05) is 11.8 Å². The Morgan fingerprint density at radius 3 is 2.58 bits per heavy atom. The van der Waals surface area contributed by atoms with Crippen LogP contribution in [0.1, 0.15) is 67.2 Å². The molecule has 140 valence electrons. The van der Waals surface area contributed by atoms with Gasteiger partial charge in [0.05, 0.1) is 24.1 Å². The summed E-state index contributed by atoms with van der Waals surface area (Å²) in [6, 6.07) is 0. The highest BCUT2D eigenvalue weighted by atomic mass is 16.7. The molecule has 0 aromatic heterocycles. The second-order valence-corrected chi connectivity index (χ2v) is 8.80. The van der Waals surface area contributed by atoms with Gasteiger partial charge >= 0.3 is 0 Å². The fourth-order valence-electron chi connectivity index (χ4n) is 3.46. The average molecular weight is 341 g/mol. The Labute approximate surface area is 147 Å². The van der Waals surface area contributed by atoms with Crippen LogP contribution in [-0.4, -0.2) is 35.3 Å². The van der Waals surface area contributed by atoms with Gasteiger partial charge in [0.1, 0.15) is 5.60 Å². The third kappa shape index (κ3) is 5.75. The zero-order chi connectivity index (χ0) is 18.1. The average Bonchev–Trinajstić information content (AvgIpc) is 3.20. The van der Waals surface area contributed by atoms with Gasteiger partial charge in [0.2, 0.25) is 0 Å². The van der Waals surface area contributed by atoms with Crippen molar-refractivity contribution in [3.05, 3.63) is 12.3 Å². The molecule has 1 N–H and O–H groups in total. The van der Waals surface area contributed by atoms with Gasteiger partial charge in [0.15, 0.2) is 6.29 Å². The quantitative estimate of drug-likeness (QED) is 0.703. The third-order valence-corrected chi connectivity index (χ3v) is 5.05. The first-order chi connectivity index (χ1) is 11.1. The predicted octanol–water partition coefficient (Wildman–Crippen LogP) is 4.27. The summed E-state index contributed by atoms with van der Waals surface area (Å²) in [6.45, 7) is 16.4. The summed E-state index contributed by atoms with van der Waals surface area (Å²) in [5, 5.41) is 9.85. The molecule has 2 rings (SSSR count). The molecule has 2 fully saturated rings. The van der Waals surface area contributed by atoms with E-state index in [0.717, 1.165) is 25.0 Å². The minimum Gasteiger partial charge on any atom is -0.493 e. The van der Waals surface area contributed by atoms with Crippen molar-refractivity contribution in [3.63, 3.8) is 0 Å². The van der Waals surface area contributed by atoms with E-state index in [0.29, 0.717) is 11.8 Å². The van der Waals surface area contributed by atoms with Crippen LogP contribution in [-0.2, 0) is 14.2 Å². The van der Waals surface area contributed by atoms with Crippen LogP contribution >= 0.6 is 0 Å². The standard InChI is InChI=1S/C20H36O4/c1-12-10-18(21)15(4)23-19(12)22-13(2)8-9-16-11-17(16)14(3)24-20(5,6)7/h12-13,15-19,21H,3,8-11H2,1-2,4-7H3/t12-,13-,15+,16?,17+,18-,19-/m1/s1. The maximum Gasteiger partial charge on any atom is 0.161 e. The van der Waals surface area contributed by atoms with E-state index < -0.39 is 0 Å². The molecule has 7 atom stereocenters. The van der Waals surface area contributed by atoms with Gasteiger partial charge in [-0.2, -0.15) is 0 Å². The summed E-state index contributed by atoms with van der Waals surface area (Å²) < 4.78 is 17.8. The van der Waals surface area contributed by atoms with Crippen LogP contribution in [0.2, 0.25) is 0 Å². The largest absolute Gasteiger partial charge is 0.493 e. The van der Waals surface area contributed by atoms with Crippen LogP contribution in [0.15, 0.2) is 12.3 Å². The smallest absolute Gasteiger partial charge is 0.161 e. The molecule has 0 bridgehead atoms. The summed E-state index contributed by atoms with van der Waals surface area (Å²) in [4.78, 5) is 0. The fourth-order valence-corrected chi connectivity index (χ4v) is 3.46. The molecule has 0 spiro atoms. The molecule has 0 radical (unpaired) electrons. The Morgan fingerprint density at radius 1 is 1.29 bits per heavy atom. The molecule has 1 heterocycles. The number of hydrogen-bond acceptors (Lipinski definition) is 4. The highest BCUT2D eigenvalue weighted by molar-refractivity contribution is 5.06. The summed E-state index contributed by atoms with van der Waals surface area (Å²) in [5.74, 6) is 2.35. The lowest BCUT2D eigenvalue weighted by atomic mass is 9.96. The van der Waals surface area contributed by atoms with Gasteiger partial charge in [0.25, 0.3) is 0 Å². The van der Waals surface area contributed by atoms with Crippen LogP contribution < -0.4 is 0 Å². The Balaban J connectivity index is 1.67. The summed E-state index contributed by atoms with van der Waals surface area (Å²) in [7, 11) is 0. The summed E-state index contributed by atoms with van der Waals surface area (Å²) in [6.07, 6.45) is 3.52. The molecule has 1 aliphatic carbocycles. The Kier molecular flexibility index (Phi) is 6.38. The Bertz CT molecular complexity index is 428. The predicted molar refractivity (Wildman–Crippen MR) is 95.5 cm³/mol. The number of allylic oxidation sites excluding steroid dienone is 1. The first-order valence-corrected chi connectivity index (χ1v) is 9.43. The second kappa shape index (κ2) is 7.76. The van der Waals surface area contributed by atoms with Gasteiger partial charge in [-0.1, -0.05) is 13.5 Å². The van der Waals surface area contributed by atoms with E-state index in [1.54, 1.807) is 0 Å². The SMILES string of the molecule is C=C(OC(C)(C)C)[C@@H]1CC1CC[C@@H](C)O[C@@H]1O[C@@H](C)[C@H](O)C[C@H]1C. The number of rotatable bonds is 7. The van der Waals surface area contributed by atoms with Gasteiger partial charge in [-0.05, 0) is 66.2 Å². The van der Waals surface area contributed by atoms with Crippen molar-refractivity contribution in [1.82, 2.24) is 0 Å². The molecule has 4 nitrogen and oxygen atoms in total. The van der Waals surface area contributed by atoms with Crippen molar-refractivity contribution >= 4 is 0 Å². The number of aliphatic hydroxyl groups is 1. The number of hydrogen-bond donors (Lipinski definition) is 1. The summed E-state index contributed by atoms with van der Waals surface area (Å²) in [5.41, 5.74) is -0.156. The van der Waals surface area contributed by atoms with E-state index in [4.69, 9.17) is 14.2 Å². The molecule has 1 aliphatic heterocycles. The van der Waals surface area contributed by atoms with Crippen molar-refractivity contribution in [3.8, 4) is 0 Å². The third-order valence-electron chi connectivity index (χ3n) is 5.05. The lowest BCUT2D eigenvalue weighted by Gasteiger charge is -2.37. The van der Waals surface area contributed by atoms with E-state index in [1.807, 2.05) is 6.92 Å². The van der Waals surface area contributed by atoms with Crippen LogP contribution in [0.4, 0.5) is 0 Å². The van der Waals surface area contributed by atoms with Crippen molar-refractivity contribution < 1.29 is 19.3 Å². The molecule has 24 heavy (non-hydrogen) atoms. The first-order valence-electron chi connectivity index (χ1n) is 9.43. The molecule has 4 heteroatoms. The van der Waals surface area contributed by atoms with Crippen LogP contribution in [0.25, 0.3) is 0 Å². The van der Waals surface area contributed by atoms with Crippen molar-refractivity contribution in [1.29, 1.82) is 0 Å². The van der Waals surface area contributed by atoms with E-state index in [-0.39, 0.29) is 36.1 Å². The van der Waals surface area contributed by atoms with Gasteiger partial charge in [-0.15, -0.1) is 0 Å². The zero-order valence-electron chi connectivity index (χ0n) is 16.2. The number of ether oxygens (including phenoxy) is 3. The van der Waals surface area contributed by atoms with Crippen LogP contribution in [0.5, 0.6) is 0 Å². The lowest BCUT2D eigenvalue weighted by molar-refractivity contribution is -0.255. The molecular weight excluding hydrogens is 304 g/mol. The van der Waals surface area contributed by atoms with E-state index in [9.17, 15) is 5.11 Å². The molecule has 0 aromatic rings. The molecule has 0 aromatic carbocycles. The molecule has 0 amide bonds. The van der Waals surface area contributed by atoms with E-state index in [2.05, 4.69) is 41.2 Å². The van der Waals surface area contributed by atoms with Gasteiger partial charge in [-0.25, -0.2) is 0 Å². The monoisotopic (exact) mass is 340 g/mol. The maximum absolute atomic E-state index is 9.85. The van der Waals surface area contributed by atoms with Crippen molar-refractivity contribution in [2.24, 2.45) is 17.8 Å². The normalized spacial score (nSPS) is 37.8. The lowest BCUT2D eigenvalue weighted by Crippen LogP contribution is -2.44. The van der Waals surface area contributed by atoms with E-state index >= 15 is 0 Å². The molecule has 1 unspecified atom stereocenters. The highest BCUT2D eigenvalue weighted by Crippen LogP contribution is 2.48. The topological polar surface area (TPSA) is 47.9 Å². The van der Waals surface area contributed by atoms with E-state index in [1.165, 1.54) is 6.42 Å². The van der Waals surface area contributed by atoms with Crippen LogP contribution in [0.3, 0.4) is 0 Å². The molecular formula is C20H36O4. The summed E-state index contributed by atoms with van der Waals surface area (Å²) >= 11 is 0. The minimum absolute atomic E-state index is 0.149. The second-order valence-electron chi connectivity index (χ2n) is 8.80. The highest BCUT2D eigenvalue weighted by Gasteiger charge is 2.41. The molecule has 1 saturated carbocycles.